The van der Waals surface area contributed by atoms with E-state index in [1.54, 1.807) is 17.5 Å². The van der Waals surface area contributed by atoms with Crippen molar-refractivity contribution in [3.8, 4) is 17.1 Å². The van der Waals surface area contributed by atoms with Crippen molar-refractivity contribution < 1.29 is 9.13 Å². The normalized spacial score (nSPS) is 11.0. The Morgan fingerprint density at radius 1 is 1.44 bits per heavy atom. The van der Waals surface area contributed by atoms with Gasteiger partial charge in [-0.1, -0.05) is 0 Å². The van der Waals surface area contributed by atoms with Gasteiger partial charge in [-0.05, 0) is 18.2 Å². The second kappa shape index (κ2) is 3.95. The molecule has 3 aromatic rings. The molecule has 0 aliphatic rings. The van der Waals surface area contributed by atoms with Crippen molar-refractivity contribution in [3.63, 3.8) is 0 Å². The van der Waals surface area contributed by atoms with Gasteiger partial charge in [-0.3, -0.25) is 0 Å². The van der Waals surface area contributed by atoms with Crippen molar-refractivity contribution in [2.75, 3.05) is 12.8 Å². The van der Waals surface area contributed by atoms with Crippen molar-refractivity contribution in [2.45, 2.75) is 0 Å². The summed E-state index contributed by atoms with van der Waals surface area (Å²) in [5, 5.41) is 5.98. The van der Waals surface area contributed by atoms with Crippen LogP contribution in [0.2, 0.25) is 0 Å². The molecule has 0 fully saturated rings. The predicted molar refractivity (Wildman–Crippen MR) is 67.2 cm³/mol. The summed E-state index contributed by atoms with van der Waals surface area (Å²) in [4.78, 5) is 4.96. The van der Waals surface area contributed by atoms with E-state index in [2.05, 4.69) is 10.1 Å². The molecule has 0 amide bonds. The third kappa shape index (κ3) is 1.60. The number of anilines is 1. The lowest BCUT2D eigenvalue weighted by molar-refractivity contribution is 0.386. The lowest BCUT2D eigenvalue weighted by Gasteiger charge is -2.02. The van der Waals surface area contributed by atoms with Gasteiger partial charge >= 0.3 is 0 Å². The van der Waals surface area contributed by atoms with Gasteiger partial charge in [0, 0.05) is 10.9 Å². The van der Waals surface area contributed by atoms with E-state index in [1.807, 2.05) is 0 Å². The summed E-state index contributed by atoms with van der Waals surface area (Å²) in [6.45, 7) is 0. The maximum absolute atomic E-state index is 13.6. The zero-order valence-electron chi connectivity index (χ0n) is 9.42. The summed E-state index contributed by atoms with van der Waals surface area (Å²) in [6.07, 6.45) is 0. The Labute approximate surface area is 106 Å². The first kappa shape index (κ1) is 11.0. The standard InChI is InChI=1S/C11H9FN4OS/c1-17-8-3-2-6(4-7(8)12)10-14-11-16(15-10)9(13)5-18-11/h2-5H,13H2,1H3. The smallest absolute Gasteiger partial charge is 0.214 e. The first-order valence-corrected chi connectivity index (χ1v) is 6.00. The molecule has 0 unspecified atom stereocenters. The summed E-state index contributed by atoms with van der Waals surface area (Å²) in [7, 11) is 1.42. The molecule has 3 rings (SSSR count). The van der Waals surface area contributed by atoms with Gasteiger partial charge in [-0.15, -0.1) is 16.4 Å². The third-order valence-corrected chi connectivity index (χ3v) is 3.35. The van der Waals surface area contributed by atoms with Gasteiger partial charge in [0.15, 0.2) is 17.4 Å². The van der Waals surface area contributed by atoms with E-state index in [4.69, 9.17) is 10.5 Å². The molecule has 0 aliphatic heterocycles. The van der Waals surface area contributed by atoms with Crippen LogP contribution < -0.4 is 10.5 Å². The average molecular weight is 264 g/mol. The number of methoxy groups -OCH3 is 1. The number of aromatic nitrogens is 3. The number of hydrogen-bond acceptors (Lipinski definition) is 5. The van der Waals surface area contributed by atoms with Crippen LogP contribution in [0.25, 0.3) is 16.3 Å². The van der Waals surface area contributed by atoms with Crippen LogP contribution in [0.15, 0.2) is 23.6 Å². The minimum Gasteiger partial charge on any atom is -0.494 e. The van der Waals surface area contributed by atoms with Gasteiger partial charge in [-0.25, -0.2) is 4.39 Å². The molecular formula is C11H9FN4OS. The van der Waals surface area contributed by atoms with Gasteiger partial charge in [-0.2, -0.15) is 9.50 Å². The van der Waals surface area contributed by atoms with Crippen LogP contribution in [0.4, 0.5) is 10.2 Å². The van der Waals surface area contributed by atoms with Crippen LogP contribution in [0.1, 0.15) is 0 Å². The molecule has 0 bridgehead atoms. The SMILES string of the molecule is COc1ccc(-c2nc3scc(N)n3n2)cc1F. The van der Waals surface area contributed by atoms with Crippen LogP contribution in [-0.2, 0) is 0 Å². The number of nitrogens with zero attached hydrogens (tertiary/aromatic N) is 3. The zero-order valence-corrected chi connectivity index (χ0v) is 10.2. The molecule has 2 N–H and O–H groups in total. The number of thiazole rings is 1. The Morgan fingerprint density at radius 2 is 2.28 bits per heavy atom. The number of ether oxygens (including phenoxy) is 1. The van der Waals surface area contributed by atoms with Crippen molar-refractivity contribution in [1.29, 1.82) is 0 Å². The topological polar surface area (TPSA) is 65.4 Å². The molecule has 0 atom stereocenters. The molecular weight excluding hydrogens is 255 g/mol. The zero-order chi connectivity index (χ0) is 12.7. The molecule has 0 radical (unpaired) electrons. The van der Waals surface area contributed by atoms with Crippen LogP contribution >= 0.6 is 11.3 Å². The quantitative estimate of drug-likeness (QED) is 0.770. The molecule has 2 heterocycles. The van der Waals surface area contributed by atoms with Gasteiger partial charge in [0.25, 0.3) is 0 Å². The number of fused-ring (bicyclic) bond motifs is 1. The maximum atomic E-state index is 13.6. The van der Waals surface area contributed by atoms with Crippen molar-refractivity contribution in [2.24, 2.45) is 0 Å². The average Bonchev–Trinajstić information content (AvgIpc) is 2.92. The van der Waals surface area contributed by atoms with Crippen molar-refractivity contribution in [3.05, 3.63) is 29.4 Å². The summed E-state index contributed by atoms with van der Waals surface area (Å²) in [6, 6.07) is 4.59. The summed E-state index contributed by atoms with van der Waals surface area (Å²) in [5.41, 5.74) is 6.31. The minimum atomic E-state index is -0.443. The van der Waals surface area contributed by atoms with E-state index in [0.717, 1.165) is 0 Å². The molecule has 92 valence electrons. The highest BCUT2D eigenvalue weighted by molar-refractivity contribution is 7.15. The molecule has 0 spiro atoms. The van der Waals surface area contributed by atoms with E-state index in [0.29, 0.717) is 22.2 Å². The van der Waals surface area contributed by atoms with Crippen molar-refractivity contribution >= 4 is 22.1 Å². The monoisotopic (exact) mass is 264 g/mol. The highest BCUT2D eigenvalue weighted by atomic mass is 32.1. The first-order chi connectivity index (χ1) is 8.69. The fraction of sp³-hybridized carbons (Fsp3) is 0.0909. The first-order valence-electron chi connectivity index (χ1n) is 5.12. The minimum absolute atomic E-state index is 0.194. The van der Waals surface area contributed by atoms with Crippen molar-refractivity contribution in [1.82, 2.24) is 14.6 Å². The van der Waals surface area contributed by atoms with Gasteiger partial charge in [0.1, 0.15) is 5.82 Å². The van der Waals surface area contributed by atoms with Crippen LogP contribution in [0.3, 0.4) is 0 Å². The van der Waals surface area contributed by atoms with Crippen LogP contribution in [0.5, 0.6) is 5.75 Å². The fourth-order valence-electron chi connectivity index (χ4n) is 1.63. The molecule has 18 heavy (non-hydrogen) atoms. The van der Waals surface area contributed by atoms with Gasteiger partial charge in [0.2, 0.25) is 4.96 Å². The van der Waals surface area contributed by atoms with Crippen LogP contribution in [-0.4, -0.2) is 21.7 Å². The summed E-state index contributed by atoms with van der Waals surface area (Å²) < 4.78 is 20.0. The van der Waals surface area contributed by atoms with Gasteiger partial charge in [0.05, 0.1) is 7.11 Å². The number of benzene rings is 1. The van der Waals surface area contributed by atoms with E-state index >= 15 is 0 Å². The predicted octanol–water partition coefficient (Wildman–Crippen LogP) is 2.19. The molecule has 7 heteroatoms. The van der Waals surface area contributed by atoms with E-state index in [9.17, 15) is 4.39 Å². The lowest BCUT2D eigenvalue weighted by atomic mass is 10.2. The molecule has 0 aliphatic carbocycles. The second-order valence-electron chi connectivity index (χ2n) is 3.64. The maximum Gasteiger partial charge on any atom is 0.214 e. The Hall–Kier alpha value is -2.15. The third-order valence-electron chi connectivity index (χ3n) is 2.52. The summed E-state index contributed by atoms with van der Waals surface area (Å²) >= 11 is 1.39. The van der Waals surface area contributed by atoms with Crippen LogP contribution in [0, 0.1) is 5.82 Å². The van der Waals surface area contributed by atoms with E-state index in [-0.39, 0.29) is 5.75 Å². The molecule has 5 nitrogen and oxygen atoms in total. The highest BCUT2D eigenvalue weighted by Crippen LogP contribution is 2.25. The van der Waals surface area contributed by atoms with E-state index in [1.165, 1.54) is 29.0 Å². The Balaban J connectivity index is 2.10. The number of halogens is 1. The number of nitrogen functional groups attached to an aromatic ring is 1. The molecule has 2 aromatic heterocycles. The Bertz CT molecular complexity index is 721. The Morgan fingerprint density at radius 3 is 2.94 bits per heavy atom. The fourth-order valence-corrected chi connectivity index (χ4v) is 2.34. The summed E-state index contributed by atoms with van der Waals surface area (Å²) in [5.74, 6) is 0.707. The largest absolute Gasteiger partial charge is 0.494 e. The second-order valence-corrected chi connectivity index (χ2v) is 4.48. The Kier molecular flexibility index (Phi) is 2.41. The number of rotatable bonds is 2. The number of nitrogens with two attached hydrogens (primary N) is 1. The van der Waals surface area contributed by atoms with Gasteiger partial charge < -0.3 is 10.5 Å². The highest BCUT2D eigenvalue weighted by Gasteiger charge is 2.12. The molecule has 0 saturated carbocycles. The molecule has 1 aromatic carbocycles. The van der Waals surface area contributed by atoms with E-state index < -0.39 is 5.82 Å². The lowest BCUT2D eigenvalue weighted by Crippen LogP contribution is -1.93. The molecule has 0 saturated heterocycles. The number of hydrogen-bond donors (Lipinski definition) is 1.